The number of hydrazone groups is 1. The number of rotatable bonds is 4. The summed E-state index contributed by atoms with van der Waals surface area (Å²) in [6, 6.07) is 14.4. The van der Waals surface area contributed by atoms with Gasteiger partial charge in [0.15, 0.2) is 0 Å². The maximum Gasteiger partial charge on any atom is 0.117 e. The number of likely N-dealkylation sites (N-methyl/N-ethyl adjacent to an activating group) is 1. The van der Waals surface area contributed by atoms with E-state index in [0.29, 0.717) is 0 Å². The summed E-state index contributed by atoms with van der Waals surface area (Å²) in [6.45, 7) is 4.04. The Morgan fingerprint density at radius 1 is 1.04 bits per heavy atom. The third-order valence-corrected chi connectivity index (χ3v) is 5.22. The summed E-state index contributed by atoms with van der Waals surface area (Å²) < 4.78 is 1.94. The molecule has 1 aliphatic rings. The lowest BCUT2D eigenvalue weighted by molar-refractivity contribution is 0.159. The summed E-state index contributed by atoms with van der Waals surface area (Å²) in [5, 5.41) is 14.8. The predicted octanol–water partition coefficient (Wildman–Crippen LogP) is 3.18. The molecule has 0 atom stereocenters. The van der Waals surface area contributed by atoms with Crippen LogP contribution in [0.4, 0.5) is 0 Å². The lowest BCUT2D eigenvalue weighted by atomic mass is 10.1. The first-order valence-corrected chi connectivity index (χ1v) is 9.34. The number of thiophene rings is 1. The van der Waals surface area contributed by atoms with Crippen LogP contribution >= 0.6 is 11.3 Å². The van der Waals surface area contributed by atoms with E-state index in [1.807, 2.05) is 35.2 Å². The second-order valence-electron chi connectivity index (χ2n) is 6.20. The maximum atomic E-state index is 4.81. The molecule has 2 aromatic heterocycles. The Labute approximate surface area is 151 Å². The summed E-state index contributed by atoms with van der Waals surface area (Å²) in [5.74, 6) is 0. The van der Waals surface area contributed by atoms with Crippen LogP contribution in [-0.4, -0.2) is 59.1 Å². The number of hydrogen-bond acceptors (Lipinski definition) is 5. The highest BCUT2D eigenvalue weighted by Gasteiger charge is 2.14. The van der Waals surface area contributed by atoms with Crippen LogP contribution in [0.3, 0.4) is 0 Å². The van der Waals surface area contributed by atoms with Gasteiger partial charge in [-0.05, 0) is 24.6 Å². The SMILES string of the molecule is CN1CCN(N=Cc2cn(-c3cccs3)nc2-c2ccccc2)CC1. The van der Waals surface area contributed by atoms with Gasteiger partial charge < -0.3 is 4.90 Å². The second-order valence-corrected chi connectivity index (χ2v) is 7.12. The molecule has 0 N–H and O–H groups in total. The van der Waals surface area contributed by atoms with Gasteiger partial charge in [0.25, 0.3) is 0 Å². The van der Waals surface area contributed by atoms with Gasteiger partial charge in [-0.2, -0.15) is 10.2 Å². The van der Waals surface area contributed by atoms with Crippen LogP contribution in [0.1, 0.15) is 5.56 Å². The van der Waals surface area contributed by atoms with Gasteiger partial charge in [0.1, 0.15) is 10.7 Å². The zero-order valence-corrected chi connectivity index (χ0v) is 15.1. The molecule has 0 saturated carbocycles. The van der Waals surface area contributed by atoms with Crippen molar-refractivity contribution in [3.05, 3.63) is 59.6 Å². The van der Waals surface area contributed by atoms with Crippen molar-refractivity contribution >= 4 is 17.6 Å². The average Bonchev–Trinajstić information content (AvgIpc) is 3.32. The van der Waals surface area contributed by atoms with Crippen molar-refractivity contribution in [2.24, 2.45) is 5.10 Å². The minimum atomic E-state index is 0.965. The number of aromatic nitrogens is 2. The third kappa shape index (κ3) is 3.65. The molecule has 0 spiro atoms. The van der Waals surface area contributed by atoms with E-state index in [1.54, 1.807) is 11.3 Å². The van der Waals surface area contributed by atoms with Gasteiger partial charge >= 0.3 is 0 Å². The molecule has 0 bridgehead atoms. The molecule has 3 aromatic rings. The Morgan fingerprint density at radius 3 is 2.56 bits per heavy atom. The third-order valence-electron chi connectivity index (χ3n) is 4.36. The molecule has 25 heavy (non-hydrogen) atoms. The largest absolute Gasteiger partial charge is 0.303 e. The lowest BCUT2D eigenvalue weighted by Crippen LogP contribution is -2.41. The molecule has 0 unspecified atom stereocenters. The zero-order valence-electron chi connectivity index (χ0n) is 14.2. The topological polar surface area (TPSA) is 36.7 Å². The smallest absolute Gasteiger partial charge is 0.117 e. The molecule has 1 aromatic carbocycles. The van der Waals surface area contributed by atoms with E-state index >= 15 is 0 Å². The number of hydrogen-bond donors (Lipinski definition) is 0. The molecule has 1 saturated heterocycles. The molecule has 0 aliphatic carbocycles. The van der Waals surface area contributed by atoms with Crippen LogP contribution in [0.25, 0.3) is 16.3 Å². The monoisotopic (exact) mass is 351 g/mol. The van der Waals surface area contributed by atoms with E-state index in [2.05, 4.69) is 46.7 Å². The zero-order chi connectivity index (χ0) is 17.1. The highest BCUT2D eigenvalue weighted by Crippen LogP contribution is 2.24. The van der Waals surface area contributed by atoms with Crippen molar-refractivity contribution in [3.63, 3.8) is 0 Å². The summed E-state index contributed by atoms with van der Waals surface area (Å²) in [4.78, 5) is 2.33. The predicted molar refractivity (Wildman–Crippen MR) is 104 cm³/mol. The Bertz CT molecular complexity index is 830. The van der Waals surface area contributed by atoms with E-state index in [4.69, 9.17) is 10.2 Å². The van der Waals surface area contributed by atoms with Crippen molar-refractivity contribution in [1.82, 2.24) is 19.7 Å². The van der Waals surface area contributed by atoms with Crippen molar-refractivity contribution in [2.45, 2.75) is 0 Å². The van der Waals surface area contributed by atoms with Crippen LogP contribution in [0.15, 0.2) is 59.1 Å². The summed E-state index contributed by atoms with van der Waals surface area (Å²) in [7, 11) is 2.15. The van der Waals surface area contributed by atoms with Gasteiger partial charge in [-0.1, -0.05) is 30.3 Å². The molecule has 0 radical (unpaired) electrons. The van der Waals surface area contributed by atoms with E-state index in [0.717, 1.165) is 48.0 Å². The minimum Gasteiger partial charge on any atom is -0.303 e. The van der Waals surface area contributed by atoms with Gasteiger partial charge in [-0.25, -0.2) is 4.68 Å². The molecule has 4 rings (SSSR count). The van der Waals surface area contributed by atoms with Gasteiger partial charge in [0.2, 0.25) is 0 Å². The molecule has 3 heterocycles. The standard InChI is InChI=1S/C19H21N5S/c1-22-9-11-23(12-10-22)20-14-17-15-24(18-8-5-13-25-18)21-19(17)16-6-3-2-4-7-16/h2-8,13-15H,9-12H2,1H3. The number of benzene rings is 1. The van der Waals surface area contributed by atoms with Gasteiger partial charge in [-0.15, -0.1) is 11.3 Å². The van der Waals surface area contributed by atoms with E-state index in [9.17, 15) is 0 Å². The fourth-order valence-electron chi connectivity index (χ4n) is 2.87. The maximum absolute atomic E-state index is 4.81. The molecular weight excluding hydrogens is 330 g/mol. The number of nitrogens with zero attached hydrogens (tertiary/aromatic N) is 5. The van der Waals surface area contributed by atoms with Crippen LogP contribution in [-0.2, 0) is 0 Å². The summed E-state index contributed by atoms with van der Waals surface area (Å²) in [5.41, 5.74) is 3.11. The van der Waals surface area contributed by atoms with Gasteiger partial charge in [0.05, 0.1) is 6.21 Å². The van der Waals surface area contributed by atoms with Crippen LogP contribution in [0, 0.1) is 0 Å². The van der Waals surface area contributed by atoms with Gasteiger partial charge in [-0.3, -0.25) is 5.01 Å². The van der Waals surface area contributed by atoms with E-state index in [-0.39, 0.29) is 0 Å². The van der Waals surface area contributed by atoms with Gasteiger partial charge in [0, 0.05) is 43.5 Å². The molecule has 6 heteroatoms. The van der Waals surface area contributed by atoms with E-state index < -0.39 is 0 Å². The minimum absolute atomic E-state index is 0.965. The molecular formula is C19H21N5S. The van der Waals surface area contributed by atoms with E-state index in [1.165, 1.54) is 0 Å². The molecule has 1 fully saturated rings. The quantitative estimate of drug-likeness (QED) is 0.678. The fourth-order valence-corrected chi connectivity index (χ4v) is 3.53. The first-order chi connectivity index (χ1) is 12.3. The highest BCUT2D eigenvalue weighted by molar-refractivity contribution is 7.12. The Balaban J connectivity index is 1.65. The molecule has 0 amide bonds. The van der Waals surface area contributed by atoms with Crippen LogP contribution in [0.5, 0.6) is 0 Å². The van der Waals surface area contributed by atoms with Crippen LogP contribution in [0.2, 0.25) is 0 Å². The lowest BCUT2D eigenvalue weighted by Gasteiger charge is -2.30. The Morgan fingerprint density at radius 2 is 1.84 bits per heavy atom. The Kier molecular flexibility index (Phi) is 4.63. The first-order valence-electron chi connectivity index (χ1n) is 8.46. The van der Waals surface area contributed by atoms with Crippen molar-refractivity contribution in [2.75, 3.05) is 33.2 Å². The fraction of sp³-hybridized carbons (Fsp3) is 0.263. The summed E-state index contributed by atoms with van der Waals surface area (Å²) >= 11 is 1.68. The molecule has 5 nitrogen and oxygen atoms in total. The molecule has 128 valence electrons. The highest BCUT2D eigenvalue weighted by atomic mass is 32.1. The van der Waals surface area contributed by atoms with Crippen molar-refractivity contribution < 1.29 is 0 Å². The average molecular weight is 351 g/mol. The molecule has 1 aliphatic heterocycles. The second kappa shape index (κ2) is 7.21. The first kappa shape index (κ1) is 16.1. The normalized spacial score (nSPS) is 16.0. The number of piperazine rings is 1. The van der Waals surface area contributed by atoms with Crippen molar-refractivity contribution in [3.8, 4) is 16.3 Å². The Hall–Kier alpha value is -2.44. The van der Waals surface area contributed by atoms with Crippen LogP contribution < -0.4 is 0 Å². The van der Waals surface area contributed by atoms with Crippen molar-refractivity contribution in [1.29, 1.82) is 0 Å². The summed E-state index contributed by atoms with van der Waals surface area (Å²) in [6.07, 6.45) is 4.01.